The standard InChI is InChI=1S/C15H11FN2O/c16-12-5-6-15(19)13(9-12)10-1-3-11(4-2-10)14-7-8-17-18-14/h1-9,19H,(H,17,18). The lowest BCUT2D eigenvalue weighted by Gasteiger charge is -2.06. The molecule has 94 valence electrons. The van der Waals surface area contributed by atoms with Gasteiger partial charge in [0.15, 0.2) is 0 Å². The first-order valence-corrected chi connectivity index (χ1v) is 5.83. The Balaban J connectivity index is 2.01. The summed E-state index contributed by atoms with van der Waals surface area (Å²) in [5.41, 5.74) is 3.14. The van der Waals surface area contributed by atoms with E-state index >= 15 is 0 Å². The summed E-state index contributed by atoms with van der Waals surface area (Å²) in [4.78, 5) is 0. The molecule has 0 aliphatic heterocycles. The fraction of sp³-hybridized carbons (Fsp3) is 0. The number of nitrogens with one attached hydrogen (secondary N) is 1. The van der Waals surface area contributed by atoms with Crippen molar-refractivity contribution >= 4 is 0 Å². The van der Waals surface area contributed by atoms with Crippen LogP contribution in [0.1, 0.15) is 0 Å². The molecule has 0 fully saturated rings. The van der Waals surface area contributed by atoms with Crippen LogP contribution >= 0.6 is 0 Å². The van der Waals surface area contributed by atoms with Gasteiger partial charge in [0, 0.05) is 11.8 Å². The van der Waals surface area contributed by atoms with E-state index in [-0.39, 0.29) is 11.6 Å². The second-order valence-corrected chi connectivity index (χ2v) is 4.21. The van der Waals surface area contributed by atoms with Crippen molar-refractivity contribution in [2.24, 2.45) is 0 Å². The monoisotopic (exact) mass is 254 g/mol. The fourth-order valence-corrected chi connectivity index (χ4v) is 1.99. The summed E-state index contributed by atoms with van der Waals surface area (Å²) in [7, 11) is 0. The van der Waals surface area contributed by atoms with Crippen molar-refractivity contribution in [3.05, 3.63) is 60.5 Å². The van der Waals surface area contributed by atoms with Crippen molar-refractivity contribution in [3.8, 4) is 28.1 Å². The maximum atomic E-state index is 13.2. The number of hydrogen-bond donors (Lipinski definition) is 2. The lowest BCUT2D eigenvalue weighted by atomic mass is 10.0. The molecule has 1 heterocycles. The molecule has 0 saturated carbocycles. The van der Waals surface area contributed by atoms with Gasteiger partial charge in [0.25, 0.3) is 0 Å². The molecule has 0 aliphatic rings. The predicted octanol–water partition coefficient (Wildman–Crippen LogP) is 3.59. The number of nitrogens with zero attached hydrogens (tertiary/aromatic N) is 1. The number of H-pyrrole nitrogens is 1. The molecule has 3 aromatic rings. The maximum absolute atomic E-state index is 13.2. The predicted molar refractivity (Wildman–Crippen MR) is 71.1 cm³/mol. The quantitative estimate of drug-likeness (QED) is 0.734. The maximum Gasteiger partial charge on any atom is 0.124 e. The van der Waals surface area contributed by atoms with Gasteiger partial charge in [-0.25, -0.2) is 4.39 Å². The lowest BCUT2D eigenvalue weighted by Crippen LogP contribution is -1.83. The summed E-state index contributed by atoms with van der Waals surface area (Å²) < 4.78 is 13.2. The van der Waals surface area contributed by atoms with E-state index in [1.807, 2.05) is 30.3 Å². The van der Waals surface area contributed by atoms with Crippen LogP contribution in [0.15, 0.2) is 54.7 Å². The van der Waals surface area contributed by atoms with E-state index in [2.05, 4.69) is 10.2 Å². The van der Waals surface area contributed by atoms with Gasteiger partial charge in [-0.15, -0.1) is 0 Å². The van der Waals surface area contributed by atoms with Gasteiger partial charge in [-0.1, -0.05) is 24.3 Å². The minimum Gasteiger partial charge on any atom is -0.507 e. The Morgan fingerprint density at radius 1 is 0.947 bits per heavy atom. The van der Waals surface area contributed by atoms with E-state index in [1.165, 1.54) is 18.2 Å². The molecular weight excluding hydrogens is 243 g/mol. The van der Waals surface area contributed by atoms with Gasteiger partial charge in [0.2, 0.25) is 0 Å². The van der Waals surface area contributed by atoms with Crippen LogP contribution in [0.2, 0.25) is 0 Å². The largest absolute Gasteiger partial charge is 0.507 e. The number of phenols is 1. The molecule has 0 atom stereocenters. The summed E-state index contributed by atoms with van der Waals surface area (Å²) >= 11 is 0. The highest BCUT2D eigenvalue weighted by Crippen LogP contribution is 2.30. The Bertz CT molecular complexity index is 691. The summed E-state index contributed by atoms with van der Waals surface area (Å²) in [6, 6.07) is 13.2. The first-order valence-electron chi connectivity index (χ1n) is 5.83. The van der Waals surface area contributed by atoms with Gasteiger partial charge in [-0.3, -0.25) is 5.10 Å². The van der Waals surface area contributed by atoms with E-state index in [1.54, 1.807) is 6.20 Å². The molecule has 3 nitrogen and oxygen atoms in total. The molecule has 19 heavy (non-hydrogen) atoms. The molecule has 0 spiro atoms. The summed E-state index contributed by atoms with van der Waals surface area (Å²) in [6.07, 6.45) is 1.68. The number of rotatable bonds is 2. The Hall–Kier alpha value is -2.62. The summed E-state index contributed by atoms with van der Waals surface area (Å²) in [6.45, 7) is 0. The van der Waals surface area contributed by atoms with Gasteiger partial charge in [0.1, 0.15) is 11.6 Å². The lowest BCUT2D eigenvalue weighted by molar-refractivity contribution is 0.475. The van der Waals surface area contributed by atoms with E-state index < -0.39 is 0 Å². The number of hydrogen-bond acceptors (Lipinski definition) is 2. The van der Waals surface area contributed by atoms with Crippen molar-refractivity contribution in [2.45, 2.75) is 0 Å². The molecule has 0 radical (unpaired) electrons. The topological polar surface area (TPSA) is 48.9 Å². The molecule has 1 aromatic heterocycles. The Labute approximate surface area is 109 Å². The van der Waals surface area contributed by atoms with Gasteiger partial charge in [-0.05, 0) is 35.4 Å². The molecule has 0 saturated heterocycles. The molecular formula is C15H11FN2O. The first-order chi connectivity index (χ1) is 9.24. The SMILES string of the molecule is Oc1ccc(F)cc1-c1ccc(-c2ccn[nH]2)cc1. The summed E-state index contributed by atoms with van der Waals surface area (Å²) in [5, 5.41) is 16.5. The summed E-state index contributed by atoms with van der Waals surface area (Å²) in [5.74, 6) is -0.305. The number of aromatic hydroxyl groups is 1. The van der Waals surface area contributed by atoms with E-state index in [4.69, 9.17) is 0 Å². The average Bonchev–Trinajstić information content (AvgIpc) is 2.96. The number of halogens is 1. The number of aromatic amines is 1. The van der Waals surface area contributed by atoms with Crippen molar-refractivity contribution in [3.63, 3.8) is 0 Å². The number of benzene rings is 2. The third kappa shape index (κ3) is 2.20. The van der Waals surface area contributed by atoms with Crippen LogP contribution in [0.3, 0.4) is 0 Å². The number of phenolic OH excluding ortho intramolecular Hbond substituents is 1. The normalized spacial score (nSPS) is 10.6. The molecule has 0 bridgehead atoms. The van der Waals surface area contributed by atoms with Gasteiger partial charge in [-0.2, -0.15) is 5.10 Å². The van der Waals surface area contributed by atoms with E-state index in [0.29, 0.717) is 5.56 Å². The van der Waals surface area contributed by atoms with Crippen LogP contribution < -0.4 is 0 Å². The van der Waals surface area contributed by atoms with Crippen molar-refractivity contribution in [1.29, 1.82) is 0 Å². The van der Waals surface area contributed by atoms with Crippen molar-refractivity contribution in [1.82, 2.24) is 10.2 Å². The van der Waals surface area contributed by atoms with Crippen LogP contribution in [0.25, 0.3) is 22.4 Å². The first kappa shape index (κ1) is 11.5. The van der Waals surface area contributed by atoms with Crippen LogP contribution in [0.4, 0.5) is 4.39 Å². The molecule has 2 N–H and O–H groups in total. The van der Waals surface area contributed by atoms with Crippen LogP contribution in [0, 0.1) is 5.82 Å². The third-order valence-corrected chi connectivity index (χ3v) is 2.97. The van der Waals surface area contributed by atoms with Crippen molar-refractivity contribution < 1.29 is 9.50 Å². The molecule has 4 heteroatoms. The number of aromatic nitrogens is 2. The van der Waals surface area contributed by atoms with Gasteiger partial charge in [0.05, 0.1) is 5.69 Å². The Morgan fingerprint density at radius 2 is 1.68 bits per heavy atom. The Morgan fingerprint density at radius 3 is 2.37 bits per heavy atom. The second-order valence-electron chi connectivity index (χ2n) is 4.21. The highest BCUT2D eigenvalue weighted by atomic mass is 19.1. The highest BCUT2D eigenvalue weighted by molar-refractivity contribution is 5.72. The molecule has 0 aliphatic carbocycles. The zero-order valence-electron chi connectivity index (χ0n) is 9.97. The fourth-order valence-electron chi connectivity index (χ4n) is 1.99. The van der Waals surface area contributed by atoms with Gasteiger partial charge < -0.3 is 5.11 Å². The van der Waals surface area contributed by atoms with E-state index in [0.717, 1.165) is 16.8 Å². The molecule has 2 aromatic carbocycles. The molecule has 3 rings (SSSR count). The minimum atomic E-state index is -0.370. The Kier molecular flexibility index (Phi) is 2.76. The van der Waals surface area contributed by atoms with Crippen LogP contribution in [-0.4, -0.2) is 15.3 Å². The minimum absolute atomic E-state index is 0.0655. The second kappa shape index (κ2) is 4.57. The molecule has 0 unspecified atom stereocenters. The zero-order valence-corrected chi connectivity index (χ0v) is 9.97. The smallest absolute Gasteiger partial charge is 0.124 e. The van der Waals surface area contributed by atoms with Gasteiger partial charge >= 0.3 is 0 Å². The average molecular weight is 254 g/mol. The van der Waals surface area contributed by atoms with Crippen LogP contribution in [-0.2, 0) is 0 Å². The highest BCUT2D eigenvalue weighted by Gasteiger charge is 2.06. The van der Waals surface area contributed by atoms with Crippen LogP contribution in [0.5, 0.6) is 5.75 Å². The van der Waals surface area contributed by atoms with E-state index in [9.17, 15) is 9.50 Å². The zero-order chi connectivity index (χ0) is 13.2. The third-order valence-electron chi connectivity index (χ3n) is 2.97. The molecule has 0 amide bonds. The van der Waals surface area contributed by atoms with Crippen molar-refractivity contribution in [2.75, 3.05) is 0 Å².